The van der Waals surface area contributed by atoms with Crippen molar-refractivity contribution in [2.75, 3.05) is 5.32 Å². The van der Waals surface area contributed by atoms with E-state index in [1.165, 1.54) is 6.26 Å². The maximum absolute atomic E-state index is 11.2. The molecule has 0 atom stereocenters. The second-order valence-electron chi connectivity index (χ2n) is 3.61. The molecule has 14 heavy (non-hydrogen) atoms. The number of carbonyl (C=O) groups excluding carboxylic acids is 1. The van der Waals surface area contributed by atoms with Gasteiger partial charge in [0.15, 0.2) is 5.82 Å². The fourth-order valence-corrected chi connectivity index (χ4v) is 1.00. The molecule has 0 unspecified atom stereocenters. The van der Waals surface area contributed by atoms with Crippen molar-refractivity contribution in [1.82, 2.24) is 4.98 Å². The van der Waals surface area contributed by atoms with E-state index in [9.17, 15) is 4.79 Å². The molecule has 0 fully saturated rings. The summed E-state index contributed by atoms with van der Waals surface area (Å²) in [4.78, 5) is 15.3. The van der Waals surface area contributed by atoms with E-state index in [1.807, 2.05) is 0 Å². The molecule has 6 heteroatoms. The van der Waals surface area contributed by atoms with Crippen LogP contribution in [0.3, 0.4) is 0 Å². The molecule has 1 amide bonds. The Morgan fingerprint density at radius 3 is 2.71 bits per heavy atom. The standard InChI is InChI=1S/C8H11BrN2O3/c1-8(2,3)14-7(12)11-5-4-13-6(9)10-5/h4H,1-3H3,(H,11,12). The minimum absolute atomic E-state index is 0.309. The van der Waals surface area contributed by atoms with Gasteiger partial charge < -0.3 is 9.15 Å². The first kappa shape index (κ1) is 11.0. The normalized spacial score (nSPS) is 11.1. The van der Waals surface area contributed by atoms with Crippen molar-refractivity contribution in [1.29, 1.82) is 0 Å². The third-order valence-corrected chi connectivity index (χ3v) is 1.47. The van der Waals surface area contributed by atoms with Crippen LogP contribution >= 0.6 is 15.9 Å². The second-order valence-corrected chi connectivity index (χ2v) is 4.29. The van der Waals surface area contributed by atoms with Crippen LogP contribution < -0.4 is 5.32 Å². The summed E-state index contributed by atoms with van der Waals surface area (Å²) in [6.45, 7) is 5.35. The summed E-state index contributed by atoms with van der Waals surface area (Å²) < 4.78 is 9.83. The largest absolute Gasteiger partial charge is 0.444 e. The molecule has 1 aromatic heterocycles. The minimum atomic E-state index is -0.557. The zero-order valence-electron chi connectivity index (χ0n) is 8.13. The Kier molecular flexibility index (Phi) is 3.15. The molecule has 0 aliphatic heterocycles. The number of hydrogen-bond donors (Lipinski definition) is 1. The Hall–Kier alpha value is -1.04. The molecule has 0 saturated carbocycles. The Morgan fingerprint density at radius 1 is 1.64 bits per heavy atom. The van der Waals surface area contributed by atoms with Crippen molar-refractivity contribution >= 4 is 27.8 Å². The van der Waals surface area contributed by atoms with E-state index in [-0.39, 0.29) is 0 Å². The molecule has 1 rings (SSSR count). The highest BCUT2D eigenvalue weighted by molar-refractivity contribution is 9.10. The summed E-state index contributed by atoms with van der Waals surface area (Å²) in [5, 5.41) is 2.42. The number of oxazole rings is 1. The Morgan fingerprint density at radius 2 is 2.29 bits per heavy atom. The third kappa shape index (κ3) is 3.78. The molecule has 5 nitrogen and oxygen atoms in total. The summed E-state index contributed by atoms with van der Waals surface area (Å²) in [5.74, 6) is 0.311. The van der Waals surface area contributed by atoms with Crippen molar-refractivity contribution in [2.45, 2.75) is 26.4 Å². The quantitative estimate of drug-likeness (QED) is 0.846. The van der Waals surface area contributed by atoms with E-state index in [2.05, 4.69) is 26.2 Å². The van der Waals surface area contributed by atoms with E-state index in [0.29, 0.717) is 10.6 Å². The van der Waals surface area contributed by atoms with Gasteiger partial charge in [-0.15, -0.1) is 0 Å². The van der Waals surface area contributed by atoms with Crippen molar-refractivity contribution in [3.63, 3.8) is 0 Å². The van der Waals surface area contributed by atoms with Crippen LogP contribution in [0, 0.1) is 0 Å². The van der Waals surface area contributed by atoms with Gasteiger partial charge in [0.2, 0.25) is 0 Å². The lowest BCUT2D eigenvalue weighted by molar-refractivity contribution is 0.0635. The molecule has 0 aliphatic carbocycles. The SMILES string of the molecule is CC(C)(C)OC(=O)Nc1coc(Br)n1. The fraction of sp³-hybridized carbons (Fsp3) is 0.500. The molecule has 0 saturated heterocycles. The monoisotopic (exact) mass is 262 g/mol. The van der Waals surface area contributed by atoms with Crippen molar-refractivity contribution in [3.05, 3.63) is 11.1 Å². The number of carbonyl (C=O) groups is 1. The number of anilines is 1. The van der Waals surface area contributed by atoms with Gasteiger partial charge >= 0.3 is 6.09 Å². The van der Waals surface area contributed by atoms with Gasteiger partial charge in [-0.1, -0.05) is 0 Å². The lowest BCUT2D eigenvalue weighted by Crippen LogP contribution is -2.27. The topological polar surface area (TPSA) is 64.4 Å². The van der Waals surface area contributed by atoms with Gasteiger partial charge in [-0.2, -0.15) is 4.98 Å². The van der Waals surface area contributed by atoms with E-state index in [0.717, 1.165) is 0 Å². The van der Waals surface area contributed by atoms with E-state index >= 15 is 0 Å². The second kappa shape index (κ2) is 4.00. The van der Waals surface area contributed by atoms with Crippen LogP contribution in [-0.4, -0.2) is 16.7 Å². The summed E-state index contributed by atoms with van der Waals surface area (Å²) in [7, 11) is 0. The number of amides is 1. The molecule has 0 aliphatic rings. The molecule has 0 spiro atoms. The van der Waals surface area contributed by atoms with Crippen LogP contribution in [0.1, 0.15) is 20.8 Å². The molecule has 1 aromatic rings. The van der Waals surface area contributed by atoms with Crippen LogP contribution in [-0.2, 0) is 4.74 Å². The van der Waals surface area contributed by atoms with Crippen LogP contribution in [0.15, 0.2) is 15.5 Å². The first-order chi connectivity index (χ1) is 6.37. The Labute approximate surface area is 90.0 Å². The predicted molar refractivity (Wildman–Crippen MR) is 54.1 cm³/mol. The zero-order valence-corrected chi connectivity index (χ0v) is 9.71. The number of rotatable bonds is 1. The molecule has 0 aromatic carbocycles. The first-order valence-electron chi connectivity index (χ1n) is 3.98. The number of nitrogens with one attached hydrogen (secondary N) is 1. The first-order valence-corrected chi connectivity index (χ1v) is 4.77. The summed E-state index contributed by atoms with van der Waals surface area (Å²) in [6.07, 6.45) is 0.756. The van der Waals surface area contributed by atoms with Crippen LogP contribution in [0.25, 0.3) is 0 Å². The number of aromatic nitrogens is 1. The van der Waals surface area contributed by atoms with Crippen LogP contribution in [0.4, 0.5) is 10.6 Å². The molecule has 1 N–H and O–H groups in total. The van der Waals surface area contributed by atoms with Gasteiger partial charge in [0.05, 0.1) is 0 Å². The molecule has 0 bridgehead atoms. The van der Waals surface area contributed by atoms with Crippen molar-refractivity contribution < 1.29 is 13.9 Å². The highest BCUT2D eigenvalue weighted by Gasteiger charge is 2.17. The average molecular weight is 263 g/mol. The Bertz CT molecular complexity index is 330. The number of nitrogens with zero attached hydrogens (tertiary/aromatic N) is 1. The molecule has 78 valence electrons. The fourth-order valence-electron chi connectivity index (χ4n) is 0.717. The van der Waals surface area contributed by atoms with E-state index in [1.54, 1.807) is 20.8 Å². The number of halogens is 1. The van der Waals surface area contributed by atoms with Crippen LogP contribution in [0.2, 0.25) is 0 Å². The highest BCUT2D eigenvalue weighted by Crippen LogP contribution is 2.14. The van der Waals surface area contributed by atoms with Gasteiger partial charge in [-0.05, 0) is 20.8 Å². The maximum Gasteiger partial charge on any atom is 0.413 e. The molecular weight excluding hydrogens is 252 g/mol. The van der Waals surface area contributed by atoms with Gasteiger partial charge in [0.25, 0.3) is 4.80 Å². The lowest BCUT2D eigenvalue weighted by atomic mass is 10.2. The third-order valence-electron chi connectivity index (χ3n) is 1.11. The van der Waals surface area contributed by atoms with Gasteiger partial charge in [-0.25, -0.2) is 4.79 Å². The van der Waals surface area contributed by atoms with Crippen LogP contribution in [0.5, 0.6) is 0 Å². The molecular formula is C8H11BrN2O3. The van der Waals surface area contributed by atoms with Gasteiger partial charge in [0.1, 0.15) is 11.9 Å². The summed E-state index contributed by atoms with van der Waals surface area (Å²) in [6, 6.07) is 0. The van der Waals surface area contributed by atoms with Crippen molar-refractivity contribution in [3.8, 4) is 0 Å². The van der Waals surface area contributed by atoms with E-state index in [4.69, 9.17) is 9.15 Å². The zero-order chi connectivity index (χ0) is 10.8. The number of ether oxygens (including phenoxy) is 1. The molecule has 0 radical (unpaired) electrons. The van der Waals surface area contributed by atoms with E-state index < -0.39 is 11.7 Å². The lowest BCUT2D eigenvalue weighted by Gasteiger charge is -2.18. The highest BCUT2D eigenvalue weighted by atomic mass is 79.9. The number of hydrogen-bond acceptors (Lipinski definition) is 4. The molecule has 1 heterocycles. The average Bonchev–Trinajstić information content (AvgIpc) is 2.30. The predicted octanol–water partition coefficient (Wildman–Crippen LogP) is 2.78. The minimum Gasteiger partial charge on any atom is -0.444 e. The Balaban J connectivity index is 2.50. The summed E-state index contributed by atoms with van der Waals surface area (Å²) in [5.41, 5.74) is -0.523. The van der Waals surface area contributed by atoms with Gasteiger partial charge in [-0.3, -0.25) is 5.32 Å². The smallest absolute Gasteiger partial charge is 0.413 e. The maximum atomic E-state index is 11.2. The van der Waals surface area contributed by atoms with Crippen molar-refractivity contribution in [2.24, 2.45) is 0 Å². The van der Waals surface area contributed by atoms with Gasteiger partial charge in [0, 0.05) is 15.9 Å². The summed E-state index contributed by atoms with van der Waals surface area (Å²) >= 11 is 3.01.